The van der Waals surface area contributed by atoms with Crippen LogP contribution < -0.4 is 0 Å². The molecule has 0 aliphatic rings. The summed E-state index contributed by atoms with van der Waals surface area (Å²) >= 11 is 0. The minimum Gasteiger partial charge on any atom is -0.462 e. The van der Waals surface area contributed by atoms with Crippen LogP contribution in [0.4, 0.5) is 0 Å². The van der Waals surface area contributed by atoms with E-state index in [1.54, 1.807) is 32.4 Å². The number of carbonyl (C=O) groups excluding carboxylic acids is 1. The van der Waals surface area contributed by atoms with Crippen molar-refractivity contribution < 1.29 is 14.3 Å². The van der Waals surface area contributed by atoms with Crippen molar-refractivity contribution in [1.82, 2.24) is 4.90 Å². The highest BCUT2D eigenvalue weighted by Crippen LogP contribution is 1.97. The van der Waals surface area contributed by atoms with Gasteiger partial charge in [0.15, 0.2) is 0 Å². The molecule has 0 aliphatic carbocycles. The number of ether oxygens (including phenoxy) is 2. The molecule has 0 aromatic carbocycles. The normalized spacial score (nSPS) is 11.3. The van der Waals surface area contributed by atoms with Crippen molar-refractivity contribution in [3.8, 4) is 6.07 Å². The summed E-state index contributed by atoms with van der Waals surface area (Å²) in [5.74, 6) is -0.598. The highest BCUT2D eigenvalue weighted by Gasteiger charge is 2.07. The maximum atomic E-state index is 11.2. The zero-order chi connectivity index (χ0) is 13.1. The molecular weight excluding hydrogens is 220 g/mol. The number of carbonyl (C=O) groups is 1. The predicted molar refractivity (Wildman–Crippen MR) is 64.0 cm³/mol. The molecule has 5 heteroatoms. The highest BCUT2D eigenvalue weighted by molar-refractivity contribution is 5.93. The van der Waals surface area contributed by atoms with Gasteiger partial charge in [0.25, 0.3) is 0 Å². The van der Waals surface area contributed by atoms with Gasteiger partial charge >= 0.3 is 5.97 Å². The van der Waals surface area contributed by atoms with Gasteiger partial charge in [-0.15, -0.1) is 0 Å². The summed E-state index contributed by atoms with van der Waals surface area (Å²) in [5, 5.41) is 8.74. The molecule has 0 N–H and O–H groups in total. The van der Waals surface area contributed by atoms with Crippen LogP contribution in [-0.2, 0) is 14.3 Å². The third-order valence-corrected chi connectivity index (χ3v) is 1.87. The third-order valence-electron chi connectivity index (χ3n) is 1.87. The molecule has 0 bridgehead atoms. The van der Waals surface area contributed by atoms with E-state index in [4.69, 9.17) is 14.7 Å². The Balaban J connectivity index is 4.31. The summed E-state index contributed by atoms with van der Waals surface area (Å²) in [4.78, 5) is 13.1. The van der Waals surface area contributed by atoms with Crippen LogP contribution in [0, 0.1) is 11.3 Å². The van der Waals surface area contributed by atoms with E-state index in [0.29, 0.717) is 6.61 Å². The number of hydrogen-bond donors (Lipinski definition) is 0. The third kappa shape index (κ3) is 7.14. The molecule has 17 heavy (non-hydrogen) atoms. The summed E-state index contributed by atoms with van der Waals surface area (Å²) in [6.07, 6.45) is 4.82. The lowest BCUT2D eigenvalue weighted by Crippen LogP contribution is -2.16. The predicted octanol–water partition coefficient (Wildman–Crippen LogP) is 1.09. The summed E-state index contributed by atoms with van der Waals surface area (Å²) < 4.78 is 9.63. The summed E-state index contributed by atoms with van der Waals surface area (Å²) in [5.41, 5.74) is -0.0109. The van der Waals surface area contributed by atoms with Gasteiger partial charge in [-0.05, 0) is 25.3 Å². The first-order valence-electron chi connectivity index (χ1n) is 5.30. The first-order chi connectivity index (χ1) is 8.15. The SMILES string of the molecule is CCOC(=O)/C(C#N)=C/C=C/N(C)CCOC. The number of allylic oxidation sites excluding steroid dienone is 2. The van der Waals surface area contributed by atoms with Crippen molar-refractivity contribution in [2.24, 2.45) is 0 Å². The number of rotatable bonds is 7. The molecule has 5 nitrogen and oxygen atoms in total. The van der Waals surface area contributed by atoms with E-state index in [-0.39, 0.29) is 12.2 Å². The molecule has 0 fully saturated rings. The van der Waals surface area contributed by atoms with Gasteiger partial charge in [-0.1, -0.05) is 0 Å². The van der Waals surface area contributed by atoms with Crippen LogP contribution in [0.25, 0.3) is 0 Å². The van der Waals surface area contributed by atoms with E-state index in [2.05, 4.69) is 0 Å². The molecule has 0 aliphatic heterocycles. The second kappa shape index (κ2) is 9.43. The Morgan fingerprint density at radius 1 is 1.53 bits per heavy atom. The fourth-order valence-corrected chi connectivity index (χ4v) is 0.956. The lowest BCUT2D eigenvalue weighted by Gasteiger charge is -2.11. The zero-order valence-electron chi connectivity index (χ0n) is 10.5. The van der Waals surface area contributed by atoms with Crippen molar-refractivity contribution in [2.75, 3.05) is 33.9 Å². The van der Waals surface area contributed by atoms with Gasteiger partial charge in [0.2, 0.25) is 0 Å². The van der Waals surface area contributed by atoms with E-state index >= 15 is 0 Å². The molecule has 0 saturated heterocycles. The molecule has 0 aromatic rings. The number of methoxy groups -OCH3 is 1. The topological polar surface area (TPSA) is 62.6 Å². The molecule has 0 amide bonds. The molecule has 0 unspecified atom stereocenters. The van der Waals surface area contributed by atoms with Crippen LogP contribution in [0.1, 0.15) is 6.92 Å². The van der Waals surface area contributed by atoms with Crippen LogP contribution in [0.3, 0.4) is 0 Å². The van der Waals surface area contributed by atoms with Gasteiger partial charge in [-0.3, -0.25) is 0 Å². The van der Waals surface area contributed by atoms with E-state index in [9.17, 15) is 4.79 Å². The molecular formula is C12H18N2O3. The highest BCUT2D eigenvalue weighted by atomic mass is 16.5. The average Bonchev–Trinajstić information content (AvgIpc) is 2.32. The molecule has 94 valence electrons. The Morgan fingerprint density at radius 2 is 2.24 bits per heavy atom. The Labute approximate surface area is 102 Å². The molecule has 0 saturated carbocycles. The fraction of sp³-hybridized carbons (Fsp3) is 0.500. The first kappa shape index (κ1) is 15.2. The van der Waals surface area contributed by atoms with Crippen LogP contribution in [0.15, 0.2) is 23.9 Å². The lowest BCUT2D eigenvalue weighted by atomic mass is 10.3. The van der Waals surface area contributed by atoms with Crippen LogP contribution in [0.5, 0.6) is 0 Å². The number of nitriles is 1. The second-order valence-electron chi connectivity index (χ2n) is 3.23. The maximum absolute atomic E-state index is 11.2. The Morgan fingerprint density at radius 3 is 2.76 bits per heavy atom. The standard InChI is InChI=1S/C12H18N2O3/c1-4-17-12(15)11(10-13)6-5-7-14(2)8-9-16-3/h5-7H,4,8-9H2,1-3H3/b7-5+,11-6+. The molecule has 0 atom stereocenters. The van der Waals surface area contributed by atoms with Crippen LogP contribution in [0.2, 0.25) is 0 Å². The molecule has 0 heterocycles. The van der Waals surface area contributed by atoms with Gasteiger partial charge in [0, 0.05) is 20.7 Å². The summed E-state index contributed by atoms with van der Waals surface area (Å²) in [7, 11) is 3.51. The average molecular weight is 238 g/mol. The van der Waals surface area contributed by atoms with Crippen LogP contribution in [-0.4, -0.2) is 44.8 Å². The van der Waals surface area contributed by atoms with Crippen LogP contribution >= 0.6 is 0 Å². The molecule has 0 aromatic heterocycles. The van der Waals surface area contributed by atoms with E-state index in [1.165, 1.54) is 6.08 Å². The van der Waals surface area contributed by atoms with Crippen molar-refractivity contribution in [3.63, 3.8) is 0 Å². The number of esters is 1. The van der Waals surface area contributed by atoms with E-state index in [1.807, 2.05) is 11.9 Å². The van der Waals surface area contributed by atoms with Gasteiger partial charge in [0.05, 0.1) is 13.2 Å². The minimum atomic E-state index is -0.598. The smallest absolute Gasteiger partial charge is 0.348 e. The Hall–Kier alpha value is -1.80. The zero-order valence-corrected chi connectivity index (χ0v) is 10.5. The van der Waals surface area contributed by atoms with Crippen molar-refractivity contribution in [2.45, 2.75) is 6.92 Å². The number of hydrogen-bond acceptors (Lipinski definition) is 5. The number of likely N-dealkylation sites (N-methyl/N-ethyl adjacent to an activating group) is 1. The van der Waals surface area contributed by atoms with Gasteiger partial charge in [0.1, 0.15) is 11.6 Å². The molecule has 0 radical (unpaired) electrons. The Kier molecular flexibility index (Phi) is 8.43. The first-order valence-corrected chi connectivity index (χ1v) is 5.30. The number of nitrogens with zero attached hydrogens (tertiary/aromatic N) is 2. The van der Waals surface area contributed by atoms with Crippen molar-refractivity contribution in [3.05, 3.63) is 23.9 Å². The lowest BCUT2D eigenvalue weighted by molar-refractivity contribution is -0.138. The second-order valence-corrected chi connectivity index (χ2v) is 3.23. The minimum absolute atomic E-state index is 0.0109. The maximum Gasteiger partial charge on any atom is 0.348 e. The monoisotopic (exact) mass is 238 g/mol. The fourth-order valence-electron chi connectivity index (χ4n) is 0.956. The van der Waals surface area contributed by atoms with E-state index in [0.717, 1.165) is 6.54 Å². The molecule has 0 rings (SSSR count). The van der Waals surface area contributed by atoms with Gasteiger partial charge in [-0.2, -0.15) is 5.26 Å². The summed E-state index contributed by atoms with van der Waals surface area (Å²) in [6, 6.07) is 1.80. The summed E-state index contributed by atoms with van der Waals surface area (Å²) in [6.45, 7) is 3.31. The van der Waals surface area contributed by atoms with Gasteiger partial charge < -0.3 is 14.4 Å². The largest absolute Gasteiger partial charge is 0.462 e. The quantitative estimate of drug-likeness (QED) is 0.287. The Bertz CT molecular complexity index is 329. The van der Waals surface area contributed by atoms with Gasteiger partial charge in [-0.25, -0.2) is 4.79 Å². The van der Waals surface area contributed by atoms with E-state index < -0.39 is 5.97 Å². The molecule has 0 spiro atoms. The van der Waals surface area contributed by atoms with Crippen molar-refractivity contribution >= 4 is 5.97 Å². The van der Waals surface area contributed by atoms with Crippen molar-refractivity contribution in [1.29, 1.82) is 5.26 Å².